The lowest BCUT2D eigenvalue weighted by Crippen LogP contribution is -2.19. The van der Waals surface area contributed by atoms with Gasteiger partial charge in [0, 0.05) is 6.54 Å². The highest BCUT2D eigenvalue weighted by atomic mass is 19.4. The van der Waals surface area contributed by atoms with Crippen molar-refractivity contribution in [1.29, 1.82) is 0 Å². The molecular formula is C14H16F3N. The molecule has 1 heterocycles. The lowest BCUT2D eigenvalue weighted by atomic mass is 10.0. The minimum Gasteiger partial charge on any atom is -0.299 e. The third kappa shape index (κ3) is 3.13. The van der Waals surface area contributed by atoms with E-state index < -0.39 is 11.7 Å². The molecule has 1 nitrogen and oxygen atoms in total. The van der Waals surface area contributed by atoms with Crippen LogP contribution in [0.1, 0.15) is 29.5 Å². The Labute approximate surface area is 105 Å². The number of alkyl halides is 3. The Morgan fingerprint density at radius 2 is 1.83 bits per heavy atom. The maximum atomic E-state index is 12.7. The molecule has 2 rings (SSSR count). The van der Waals surface area contributed by atoms with Crippen LogP contribution < -0.4 is 0 Å². The molecule has 1 aromatic carbocycles. The Morgan fingerprint density at radius 1 is 1.17 bits per heavy atom. The summed E-state index contributed by atoms with van der Waals surface area (Å²) in [6.45, 7) is 6.08. The fraction of sp³-hybridized carbons (Fsp3) is 0.429. The second kappa shape index (κ2) is 5.14. The van der Waals surface area contributed by atoms with E-state index in [1.54, 1.807) is 6.07 Å². The van der Waals surface area contributed by atoms with Gasteiger partial charge in [-0.05, 0) is 49.2 Å². The standard InChI is InChI=1S/C14H16F3N/c1-2-11-7-12(10-18-5-3-4-6-18)9-13(8-11)14(15,16)17/h2,7-9H,1,3-6,10H2. The Bertz CT molecular complexity index is 431. The van der Waals surface area contributed by atoms with E-state index in [1.807, 2.05) is 0 Å². The Morgan fingerprint density at radius 3 is 2.39 bits per heavy atom. The van der Waals surface area contributed by atoms with Gasteiger partial charge in [-0.1, -0.05) is 18.7 Å². The number of hydrogen-bond acceptors (Lipinski definition) is 1. The van der Waals surface area contributed by atoms with Gasteiger partial charge in [0.25, 0.3) is 0 Å². The molecule has 1 aliphatic heterocycles. The van der Waals surface area contributed by atoms with Crippen molar-refractivity contribution in [3.63, 3.8) is 0 Å². The van der Waals surface area contributed by atoms with Gasteiger partial charge in [0.1, 0.15) is 0 Å². The Kier molecular flexibility index (Phi) is 3.76. The van der Waals surface area contributed by atoms with Crippen molar-refractivity contribution < 1.29 is 13.2 Å². The predicted octanol–water partition coefficient (Wildman–Crippen LogP) is 3.94. The smallest absolute Gasteiger partial charge is 0.299 e. The summed E-state index contributed by atoms with van der Waals surface area (Å²) in [4.78, 5) is 2.18. The van der Waals surface area contributed by atoms with Crippen LogP contribution >= 0.6 is 0 Å². The normalized spacial score (nSPS) is 17.1. The first-order valence-corrected chi connectivity index (χ1v) is 6.05. The lowest BCUT2D eigenvalue weighted by Gasteiger charge is -2.16. The molecule has 1 aliphatic rings. The zero-order chi connectivity index (χ0) is 13.2. The van der Waals surface area contributed by atoms with Gasteiger partial charge in [-0.3, -0.25) is 4.90 Å². The van der Waals surface area contributed by atoms with Crippen molar-refractivity contribution in [3.8, 4) is 0 Å². The molecule has 0 radical (unpaired) electrons. The van der Waals surface area contributed by atoms with Gasteiger partial charge in [0.05, 0.1) is 5.56 Å². The van der Waals surface area contributed by atoms with Gasteiger partial charge in [0.2, 0.25) is 0 Å². The van der Waals surface area contributed by atoms with E-state index >= 15 is 0 Å². The van der Waals surface area contributed by atoms with Crippen molar-refractivity contribution in [2.75, 3.05) is 13.1 Å². The van der Waals surface area contributed by atoms with Crippen molar-refractivity contribution in [1.82, 2.24) is 4.90 Å². The second-order valence-corrected chi connectivity index (χ2v) is 4.65. The quantitative estimate of drug-likeness (QED) is 0.790. The number of rotatable bonds is 3. The van der Waals surface area contributed by atoms with Crippen LogP contribution in [0.4, 0.5) is 13.2 Å². The fourth-order valence-corrected chi connectivity index (χ4v) is 2.29. The van der Waals surface area contributed by atoms with Gasteiger partial charge < -0.3 is 0 Å². The summed E-state index contributed by atoms with van der Waals surface area (Å²) in [5.41, 5.74) is 0.648. The van der Waals surface area contributed by atoms with Crippen LogP contribution in [0.3, 0.4) is 0 Å². The van der Waals surface area contributed by atoms with Crippen LogP contribution in [0.2, 0.25) is 0 Å². The minimum atomic E-state index is -4.29. The zero-order valence-corrected chi connectivity index (χ0v) is 10.1. The predicted molar refractivity (Wildman–Crippen MR) is 66.0 cm³/mol. The van der Waals surface area contributed by atoms with Crippen molar-refractivity contribution in [3.05, 3.63) is 41.5 Å². The molecule has 1 saturated heterocycles. The molecule has 1 aromatic rings. The summed E-state index contributed by atoms with van der Waals surface area (Å²) in [5.74, 6) is 0. The van der Waals surface area contributed by atoms with E-state index in [9.17, 15) is 13.2 Å². The van der Waals surface area contributed by atoms with Gasteiger partial charge in [-0.2, -0.15) is 13.2 Å². The molecule has 0 atom stereocenters. The van der Waals surface area contributed by atoms with Crippen LogP contribution in [0.15, 0.2) is 24.8 Å². The molecule has 0 N–H and O–H groups in total. The van der Waals surface area contributed by atoms with E-state index in [0.717, 1.165) is 32.0 Å². The molecule has 0 bridgehead atoms. The average Bonchev–Trinajstić information content (AvgIpc) is 2.80. The molecule has 98 valence electrons. The van der Waals surface area contributed by atoms with Gasteiger partial charge in [-0.25, -0.2) is 0 Å². The van der Waals surface area contributed by atoms with Crippen LogP contribution in [0.25, 0.3) is 6.08 Å². The summed E-state index contributed by atoms with van der Waals surface area (Å²) in [7, 11) is 0. The number of benzene rings is 1. The molecule has 0 saturated carbocycles. The summed E-state index contributed by atoms with van der Waals surface area (Å²) < 4.78 is 38.2. The third-order valence-corrected chi connectivity index (χ3v) is 3.18. The van der Waals surface area contributed by atoms with Gasteiger partial charge in [0.15, 0.2) is 0 Å². The van der Waals surface area contributed by atoms with Crippen LogP contribution in [-0.4, -0.2) is 18.0 Å². The molecule has 0 aromatic heterocycles. The van der Waals surface area contributed by atoms with Crippen LogP contribution in [0.5, 0.6) is 0 Å². The zero-order valence-electron chi connectivity index (χ0n) is 10.1. The maximum absolute atomic E-state index is 12.7. The topological polar surface area (TPSA) is 3.24 Å². The number of halogens is 3. The minimum absolute atomic E-state index is 0.527. The maximum Gasteiger partial charge on any atom is 0.416 e. The fourth-order valence-electron chi connectivity index (χ4n) is 2.29. The van der Waals surface area contributed by atoms with E-state index in [0.29, 0.717) is 17.7 Å². The molecule has 1 fully saturated rings. The average molecular weight is 255 g/mol. The Balaban J connectivity index is 2.25. The van der Waals surface area contributed by atoms with Gasteiger partial charge >= 0.3 is 6.18 Å². The monoisotopic (exact) mass is 255 g/mol. The summed E-state index contributed by atoms with van der Waals surface area (Å²) in [6.07, 6.45) is -0.567. The first-order chi connectivity index (χ1) is 8.49. The highest BCUT2D eigenvalue weighted by Crippen LogP contribution is 2.31. The summed E-state index contributed by atoms with van der Waals surface area (Å²) in [5, 5.41) is 0. The van der Waals surface area contributed by atoms with Crippen molar-refractivity contribution in [2.24, 2.45) is 0 Å². The lowest BCUT2D eigenvalue weighted by molar-refractivity contribution is -0.137. The van der Waals surface area contributed by atoms with Crippen LogP contribution in [0, 0.1) is 0 Å². The first-order valence-electron chi connectivity index (χ1n) is 6.05. The Hall–Kier alpha value is -1.29. The molecule has 18 heavy (non-hydrogen) atoms. The summed E-state index contributed by atoms with van der Waals surface area (Å²) in [6, 6.07) is 4.16. The third-order valence-electron chi connectivity index (χ3n) is 3.18. The van der Waals surface area contributed by atoms with Crippen molar-refractivity contribution in [2.45, 2.75) is 25.6 Å². The highest BCUT2D eigenvalue weighted by Gasteiger charge is 2.31. The van der Waals surface area contributed by atoms with Crippen molar-refractivity contribution >= 4 is 6.08 Å². The summed E-state index contributed by atoms with van der Waals surface area (Å²) >= 11 is 0. The highest BCUT2D eigenvalue weighted by molar-refractivity contribution is 5.50. The van der Waals surface area contributed by atoms with E-state index in [1.165, 1.54) is 12.1 Å². The van der Waals surface area contributed by atoms with E-state index in [4.69, 9.17) is 0 Å². The molecule has 0 amide bonds. The van der Waals surface area contributed by atoms with E-state index in [2.05, 4.69) is 11.5 Å². The van der Waals surface area contributed by atoms with Crippen LogP contribution in [-0.2, 0) is 12.7 Å². The molecule has 0 spiro atoms. The SMILES string of the molecule is C=Cc1cc(CN2CCCC2)cc(C(F)(F)F)c1. The number of hydrogen-bond donors (Lipinski definition) is 0. The first kappa shape index (κ1) is 13.1. The number of likely N-dealkylation sites (tertiary alicyclic amines) is 1. The molecule has 0 unspecified atom stereocenters. The molecular weight excluding hydrogens is 239 g/mol. The largest absolute Gasteiger partial charge is 0.416 e. The molecule has 4 heteroatoms. The van der Waals surface area contributed by atoms with Gasteiger partial charge in [-0.15, -0.1) is 0 Å². The number of nitrogens with zero attached hydrogens (tertiary/aromatic N) is 1. The molecule has 0 aliphatic carbocycles. The second-order valence-electron chi connectivity index (χ2n) is 4.65. The van der Waals surface area contributed by atoms with E-state index in [-0.39, 0.29) is 0 Å².